The predicted molar refractivity (Wildman–Crippen MR) is 81.7 cm³/mol. The number of anilines is 1. The molecular formula is C16H20F3N3O2. The average Bonchev–Trinajstić information content (AvgIpc) is 2.63. The number of hydrogen-bond acceptors (Lipinski definition) is 5. The molecule has 1 aliphatic rings. The van der Waals surface area contributed by atoms with E-state index in [1.165, 1.54) is 12.1 Å². The van der Waals surface area contributed by atoms with Gasteiger partial charge in [-0.3, -0.25) is 0 Å². The summed E-state index contributed by atoms with van der Waals surface area (Å²) in [5, 5.41) is 30.0. The summed E-state index contributed by atoms with van der Waals surface area (Å²) in [4.78, 5) is 2.74. The van der Waals surface area contributed by atoms with E-state index in [2.05, 4.69) is 0 Å². The third kappa shape index (κ3) is 2.83. The summed E-state index contributed by atoms with van der Waals surface area (Å²) in [6, 6.07) is 4.49. The van der Waals surface area contributed by atoms with Crippen molar-refractivity contribution in [2.45, 2.75) is 58.0 Å². The lowest BCUT2D eigenvalue weighted by Crippen LogP contribution is -2.50. The highest BCUT2D eigenvalue weighted by atomic mass is 19.4. The summed E-state index contributed by atoms with van der Waals surface area (Å²) in [5.74, 6) is 0. The molecular weight excluding hydrogens is 323 g/mol. The quantitative estimate of drug-likeness (QED) is 0.863. The lowest BCUT2D eigenvalue weighted by Gasteiger charge is -2.35. The van der Waals surface area contributed by atoms with E-state index < -0.39 is 35.4 Å². The molecule has 24 heavy (non-hydrogen) atoms. The molecule has 2 N–H and O–H groups in total. The third-order valence-electron chi connectivity index (χ3n) is 4.34. The molecule has 0 saturated carbocycles. The first-order valence-electron chi connectivity index (χ1n) is 7.47. The van der Waals surface area contributed by atoms with E-state index in [0.29, 0.717) is 0 Å². The van der Waals surface area contributed by atoms with Gasteiger partial charge in [-0.15, -0.1) is 0 Å². The van der Waals surface area contributed by atoms with Crippen LogP contribution in [0.4, 0.5) is 18.9 Å². The zero-order chi connectivity index (χ0) is 18.4. The van der Waals surface area contributed by atoms with E-state index in [1.54, 1.807) is 18.7 Å². The average molecular weight is 343 g/mol. The molecule has 0 bridgehead atoms. The number of aliphatic hydroxyl groups excluding tert-OH is 2. The van der Waals surface area contributed by atoms with Crippen molar-refractivity contribution < 1.29 is 23.4 Å². The second-order valence-corrected chi connectivity index (χ2v) is 6.62. The first-order chi connectivity index (χ1) is 10.9. The Morgan fingerprint density at radius 2 is 1.83 bits per heavy atom. The maximum absolute atomic E-state index is 13.1. The Kier molecular flexibility index (Phi) is 4.57. The minimum Gasteiger partial charge on any atom is -0.372 e. The van der Waals surface area contributed by atoms with Gasteiger partial charge in [0, 0.05) is 11.7 Å². The highest BCUT2D eigenvalue weighted by Crippen LogP contribution is 2.41. The molecule has 5 nitrogen and oxygen atoms in total. The minimum absolute atomic E-state index is 0.00227. The van der Waals surface area contributed by atoms with Gasteiger partial charge in [0.25, 0.3) is 0 Å². The highest BCUT2D eigenvalue weighted by molar-refractivity contribution is 5.56. The first kappa shape index (κ1) is 18.5. The number of nitrogens with zero attached hydrogens (tertiary/aromatic N) is 3. The van der Waals surface area contributed by atoms with Crippen LogP contribution in [0.15, 0.2) is 18.2 Å². The molecule has 0 aliphatic carbocycles. The molecule has 0 aromatic heterocycles. The SMILES string of the molecule is CC(C)N1C(O)N(c2ccc(C#N)c(C(F)(F)F)c2)C(O)C1(C)C. The summed E-state index contributed by atoms with van der Waals surface area (Å²) >= 11 is 0. The topological polar surface area (TPSA) is 70.7 Å². The van der Waals surface area contributed by atoms with E-state index >= 15 is 0 Å². The smallest absolute Gasteiger partial charge is 0.372 e. The van der Waals surface area contributed by atoms with Gasteiger partial charge in [0.15, 0.2) is 6.35 Å². The standard InChI is InChI=1S/C16H20F3N3O2/c1-9(2)22-14(24)21(13(23)15(22,3)4)11-6-5-10(8-20)12(7-11)16(17,18)19/h5-7,9,13-14,23-24H,1-4H3. The Morgan fingerprint density at radius 1 is 1.25 bits per heavy atom. The van der Waals surface area contributed by atoms with Crippen molar-refractivity contribution in [1.29, 1.82) is 5.26 Å². The van der Waals surface area contributed by atoms with Gasteiger partial charge < -0.3 is 15.1 Å². The number of alkyl halides is 3. The van der Waals surface area contributed by atoms with Crippen molar-refractivity contribution in [3.8, 4) is 6.07 Å². The summed E-state index contributed by atoms with van der Waals surface area (Å²) in [6.45, 7) is 7.05. The molecule has 8 heteroatoms. The van der Waals surface area contributed by atoms with Crippen LogP contribution in [0.5, 0.6) is 0 Å². The van der Waals surface area contributed by atoms with Crippen molar-refractivity contribution in [2.24, 2.45) is 0 Å². The summed E-state index contributed by atoms with van der Waals surface area (Å²) in [5.41, 5.74) is -2.48. The number of benzene rings is 1. The van der Waals surface area contributed by atoms with Gasteiger partial charge in [-0.1, -0.05) is 0 Å². The Labute approximate surface area is 138 Å². The van der Waals surface area contributed by atoms with Crippen molar-refractivity contribution in [1.82, 2.24) is 4.90 Å². The van der Waals surface area contributed by atoms with Gasteiger partial charge in [0.05, 0.1) is 22.7 Å². The Balaban J connectivity index is 2.55. The summed E-state index contributed by atoms with van der Waals surface area (Å²) < 4.78 is 39.4. The molecule has 1 aromatic rings. The summed E-state index contributed by atoms with van der Waals surface area (Å²) in [7, 11) is 0. The molecule has 1 aromatic carbocycles. The van der Waals surface area contributed by atoms with Crippen molar-refractivity contribution in [2.75, 3.05) is 4.90 Å². The summed E-state index contributed by atoms with van der Waals surface area (Å²) in [6.07, 6.45) is -7.21. The van der Waals surface area contributed by atoms with Gasteiger partial charge in [0.2, 0.25) is 0 Å². The zero-order valence-corrected chi connectivity index (χ0v) is 13.8. The van der Waals surface area contributed by atoms with Crippen LogP contribution in [0.25, 0.3) is 0 Å². The molecule has 1 heterocycles. The van der Waals surface area contributed by atoms with Crippen LogP contribution < -0.4 is 4.90 Å². The molecule has 0 spiro atoms. The predicted octanol–water partition coefficient (Wildman–Crippen LogP) is 2.48. The van der Waals surface area contributed by atoms with Crippen LogP contribution >= 0.6 is 0 Å². The van der Waals surface area contributed by atoms with Crippen LogP contribution in [0.1, 0.15) is 38.8 Å². The lowest BCUT2D eigenvalue weighted by molar-refractivity contribution is -0.137. The largest absolute Gasteiger partial charge is 0.417 e. The first-order valence-corrected chi connectivity index (χ1v) is 7.47. The number of halogens is 3. The molecule has 2 unspecified atom stereocenters. The van der Waals surface area contributed by atoms with E-state index in [4.69, 9.17) is 5.26 Å². The second-order valence-electron chi connectivity index (χ2n) is 6.62. The fourth-order valence-electron chi connectivity index (χ4n) is 3.26. The van der Waals surface area contributed by atoms with Crippen molar-refractivity contribution in [3.63, 3.8) is 0 Å². The molecule has 0 radical (unpaired) electrons. The lowest BCUT2D eigenvalue weighted by atomic mass is 10.0. The Hall–Kier alpha value is -1.82. The maximum Gasteiger partial charge on any atom is 0.417 e. The Bertz CT molecular complexity index is 668. The van der Waals surface area contributed by atoms with Crippen LogP contribution in [0.3, 0.4) is 0 Å². The maximum atomic E-state index is 13.1. The fourth-order valence-corrected chi connectivity index (χ4v) is 3.26. The normalized spacial score (nSPS) is 24.5. The molecule has 132 valence electrons. The zero-order valence-electron chi connectivity index (χ0n) is 13.8. The highest BCUT2D eigenvalue weighted by Gasteiger charge is 2.52. The monoisotopic (exact) mass is 343 g/mol. The van der Waals surface area contributed by atoms with Gasteiger partial charge in [-0.2, -0.15) is 18.4 Å². The van der Waals surface area contributed by atoms with Crippen LogP contribution in [0.2, 0.25) is 0 Å². The molecule has 2 rings (SSSR count). The van der Waals surface area contributed by atoms with Crippen LogP contribution in [-0.2, 0) is 6.18 Å². The third-order valence-corrected chi connectivity index (χ3v) is 4.34. The van der Waals surface area contributed by atoms with Crippen molar-refractivity contribution in [3.05, 3.63) is 29.3 Å². The number of rotatable bonds is 2. The fraction of sp³-hybridized carbons (Fsp3) is 0.562. The van der Waals surface area contributed by atoms with Gasteiger partial charge >= 0.3 is 6.18 Å². The number of hydrogen-bond donors (Lipinski definition) is 2. The number of aliphatic hydroxyl groups is 2. The molecule has 1 aliphatic heterocycles. The van der Waals surface area contributed by atoms with E-state index in [0.717, 1.165) is 17.0 Å². The molecule has 2 atom stereocenters. The van der Waals surface area contributed by atoms with Crippen molar-refractivity contribution >= 4 is 5.69 Å². The van der Waals surface area contributed by atoms with Gasteiger partial charge in [-0.05, 0) is 45.9 Å². The van der Waals surface area contributed by atoms with E-state index in [-0.39, 0.29) is 11.7 Å². The minimum atomic E-state index is -4.70. The van der Waals surface area contributed by atoms with E-state index in [1.807, 2.05) is 13.8 Å². The number of nitriles is 1. The van der Waals surface area contributed by atoms with Crippen LogP contribution in [0, 0.1) is 11.3 Å². The van der Waals surface area contributed by atoms with Crippen LogP contribution in [-0.4, -0.2) is 39.3 Å². The molecule has 1 saturated heterocycles. The van der Waals surface area contributed by atoms with E-state index in [9.17, 15) is 23.4 Å². The second kappa shape index (κ2) is 5.92. The molecule has 1 fully saturated rings. The Morgan fingerprint density at radius 3 is 2.25 bits per heavy atom. The molecule has 0 amide bonds. The van der Waals surface area contributed by atoms with Gasteiger partial charge in [0.1, 0.15) is 6.23 Å². The van der Waals surface area contributed by atoms with Gasteiger partial charge in [-0.25, -0.2) is 4.90 Å².